The summed E-state index contributed by atoms with van der Waals surface area (Å²) in [5, 5.41) is 5.76. The van der Waals surface area contributed by atoms with Crippen molar-refractivity contribution in [1.29, 1.82) is 0 Å². The van der Waals surface area contributed by atoms with Crippen LogP contribution in [0, 0.1) is 11.8 Å². The van der Waals surface area contributed by atoms with E-state index in [1.165, 1.54) is 0 Å². The molecule has 3 amide bonds. The number of urea groups is 1. The first kappa shape index (κ1) is 27.4. The molecule has 2 aromatic rings. The molecule has 0 bridgehead atoms. The number of amides is 3. The molecule has 39 heavy (non-hydrogen) atoms. The molecule has 1 aliphatic carbocycles. The summed E-state index contributed by atoms with van der Waals surface area (Å²) in [4.78, 5) is 30.0. The minimum absolute atomic E-state index is 0.0564. The number of hydrogen-bond acceptors (Lipinski definition) is 6. The normalized spacial score (nSPS) is 27.5. The fraction of sp³-hybridized carbons (Fsp3) is 0.533. The van der Waals surface area contributed by atoms with Crippen LogP contribution in [0.25, 0.3) is 0 Å². The highest BCUT2D eigenvalue weighted by Gasteiger charge is 2.46. The molecule has 2 unspecified atom stereocenters. The molecule has 0 radical (unpaired) electrons. The van der Waals surface area contributed by atoms with E-state index in [9.17, 15) is 9.59 Å². The second kappa shape index (κ2) is 11.9. The maximum Gasteiger partial charge on any atom is 0.323 e. The second-order valence-corrected chi connectivity index (χ2v) is 11.2. The van der Waals surface area contributed by atoms with Crippen molar-refractivity contribution in [2.45, 2.75) is 57.6 Å². The van der Waals surface area contributed by atoms with Gasteiger partial charge in [-0.25, -0.2) is 4.79 Å². The summed E-state index contributed by atoms with van der Waals surface area (Å²) in [6, 6.07) is 14.5. The van der Waals surface area contributed by atoms with Crippen molar-refractivity contribution in [2.75, 3.05) is 44.5 Å². The first-order valence-corrected chi connectivity index (χ1v) is 13.9. The Morgan fingerprint density at radius 2 is 1.77 bits per heavy atom. The summed E-state index contributed by atoms with van der Waals surface area (Å²) < 4.78 is 18.4. The molecular weight excluding hydrogens is 496 g/mol. The van der Waals surface area contributed by atoms with Crippen molar-refractivity contribution >= 4 is 23.3 Å². The molecular formula is C30H40N4O5. The molecule has 210 valence electrons. The first-order chi connectivity index (χ1) is 18.8. The molecule has 1 saturated heterocycles. The third kappa shape index (κ3) is 6.90. The zero-order chi connectivity index (χ0) is 27.5. The molecule has 2 aliphatic heterocycles. The van der Waals surface area contributed by atoms with Crippen LogP contribution in [-0.2, 0) is 14.3 Å². The van der Waals surface area contributed by atoms with Gasteiger partial charge in [0.2, 0.25) is 5.91 Å². The van der Waals surface area contributed by atoms with Gasteiger partial charge in [0, 0.05) is 49.5 Å². The summed E-state index contributed by atoms with van der Waals surface area (Å²) in [7, 11) is 3.76. The van der Waals surface area contributed by atoms with Crippen molar-refractivity contribution in [3.63, 3.8) is 0 Å². The van der Waals surface area contributed by atoms with Crippen LogP contribution >= 0.6 is 0 Å². The van der Waals surface area contributed by atoms with E-state index in [2.05, 4.69) is 22.5 Å². The Bertz CT molecular complexity index is 1160. The summed E-state index contributed by atoms with van der Waals surface area (Å²) >= 11 is 0. The summed E-state index contributed by atoms with van der Waals surface area (Å²) in [5.74, 6) is 1.54. The average Bonchev–Trinajstić information content (AvgIpc) is 3.85. The van der Waals surface area contributed by atoms with E-state index in [0.717, 1.165) is 18.4 Å². The van der Waals surface area contributed by atoms with Crippen LogP contribution in [0.3, 0.4) is 0 Å². The third-order valence-corrected chi connectivity index (χ3v) is 7.89. The van der Waals surface area contributed by atoms with Gasteiger partial charge in [-0.2, -0.15) is 0 Å². The van der Waals surface area contributed by atoms with Gasteiger partial charge in [-0.1, -0.05) is 25.1 Å². The molecule has 3 aliphatic rings. The number of nitrogens with one attached hydrogen (secondary N) is 2. The second-order valence-electron chi connectivity index (χ2n) is 11.2. The van der Waals surface area contributed by atoms with Crippen LogP contribution in [0.5, 0.6) is 5.75 Å². The molecule has 9 nitrogen and oxygen atoms in total. The number of likely N-dealkylation sites (N-methyl/N-ethyl adjacent to an activating group) is 1. The van der Waals surface area contributed by atoms with E-state index in [4.69, 9.17) is 14.2 Å². The van der Waals surface area contributed by atoms with Gasteiger partial charge in [-0.05, 0) is 63.1 Å². The summed E-state index contributed by atoms with van der Waals surface area (Å²) in [6.07, 6.45) is 2.50. The predicted molar refractivity (Wildman–Crippen MR) is 150 cm³/mol. The molecule has 0 aromatic heterocycles. The Morgan fingerprint density at radius 3 is 2.49 bits per heavy atom. The zero-order valence-corrected chi connectivity index (χ0v) is 23.3. The fourth-order valence-electron chi connectivity index (χ4n) is 5.28. The van der Waals surface area contributed by atoms with Crippen molar-refractivity contribution in [3.05, 3.63) is 54.1 Å². The number of benzene rings is 2. The summed E-state index contributed by atoms with van der Waals surface area (Å²) in [6.45, 7) is 5.84. The number of carbonyl (C=O) groups is 2. The molecule has 2 heterocycles. The highest BCUT2D eigenvalue weighted by molar-refractivity contribution is 5.99. The highest BCUT2D eigenvalue weighted by Crippen LogP contribution is 2.45. The number of methoxy groups -OCH3 is 1. The Hall–Kier alpha value is -3.14. The molecule has 0 spiro atoms. The molecule has 1 saturated carbocycles. The number of rotatable bonds is 5. The number of para-hydroxylation sites is 1. The zero-order valence-electron chi connectivity index (χ0n) is 23.3. The lowest BCUT2D eigenvalue weighted by Crippen LogP contribution is -2.47. The van der Waals surface area contributed by atoms with Crippen molar-refractivity contribution in [3.8, 4) is 5.75 Å². The Labute approximate surface area is 230 Å². The quantitative estimate of drug-likeness (QED) is 0.537. The van der Waals surface area contributed by atoms with Crippen LogP contribution in [0.2, 0.25) is 0 Å². The van der Waals surface area contributed by atoms with E-state index >= 15 is 0 Å². The van der Waals surface area contributed by atoms with Crippen molar-refractivity contribution in [2.24, 2.45) is 11.8 Å². The van der Waals surface area contributed by atoms with Crippen LogP contribution in [0.4, 0.5) is 16.2 Å². The van der Waals surface area contributed by atoms with Gasteiger partial charge in [-0.15, -0.1) is 0 Å². The molecule has 2 fully saturated rings. The number of hydrogen-bond donors (Lipinski definition) is 2. The average molecular weight is 537 g/mol. The lowest BCUT2D eigenvalue weighted by atomic mass is 10.0. The Morgan fingerprint density at radius 1 is 1.03 bits per heavy atom. The third-order valence-electron chi connectivity index (χ3n) is 7.89. The predicted octanol–water partition coefficient (Wildman–Crippen LogP) is 4.72. The number of nitrogens with zero attached hydrogens (tertiary/aromatic N) is 2. The molecule has 5 rings (SSSR count). The Kier molecular flexibility index (Phi) is 8.40. The SMILES string of the molecule is CO[C@H]1CN(C)C2OC2c2cc(NC(=O)Nc3ccccc3)ccc2OC[C@H](C)N(C(=O)CC2CC2)C[C@@H]1C. The van der Waals surface area contributed by atoms with Crippen molar-refractivity contribution < 1.29 is 23.8 Å². The van der Waals surface area contributed by atoms with E-state index in [1.54, 1.807) is 7.11 Å². The van der Waals surface area contributed by atoms with E-state index in [1.807, 2.05) is 67.4 Å². The van der Waals surface area contributed by atoms with Crippen molar-refractivity contribution in [1.82, 2.24) is 9.80 Å². The van der Waals surface area contributed by atoms with Gasteiger partial charge in [-0.3, -0.25) is 9.69 Å². The van der Waals surface area contributed by atoms with E-state index in [-0.39, 0.29) is 42.3 Å². The van der Waals surface area contributed by atoms with Gasteiger partial charge in [0.15, 0.2) is 0 Å². The molecule has 9 heteroatoms. The van der Waals surface area contributed by atoms with Crippen LogP contribution < -0.4 is 15.4 Å². The Balaban J connectivity index is 1.36. The number of ether oxygens (including phenoxy) is 3. The maximum atomic E-state index is 13.3. The monoisotopic (exact) mass is 536 g/mol. The summed E-state index contributed by atoms with van der Waals surface area (Å²) in [5.41, 5.74) is 2.22. The number of carbonyl (C=O) groups excluding carboxylic acids is 2. The fourth-order valence-corrected chi connectivity index (χ4v) is 5.28. The van der Waals surface area contributed by atoms with E-state index < -0.39 is 0 Å². The van der Waals surface area contributed by atoms with Gasteiger partial charge >= 0.3 is 6.03 Å². The topological polar surface area (TPSA) is 95.7 Å². The standard InChI is InChI=1S/C30H40N4O5/c1-19-16-34(27(35)14-21-10-11-21)20(2)18-38-25-13-12-23(32-30(36)31-22-8-6-5-7-9-22)15-24(25)28-29(39-28)33(3)17-26(19)37-4/h5-9,12-13,15,19-21,26,28-29H,10-11,14,16-18H2,1-4H3,(H2,31,32,36)/t19-,20-,26-,28?,29?/m0/s1. The van der Waals surface area contributed by atoms with Crippen LogP contribution in [0.1, 0.15) is 44.8 Å². The van der Waals surface area contributed by atoms with Crippen LogP contribution in [-0.4, -0.2) is 74.0 Å². The first-order valence-electron chi connectivity index (χ1n) is 13.9. The molecule has 2 N–H and O–H groups in total. The largest absolute Gasteiger partial charge is 0.491 e. The minimum atomic E-state index is -0.326. The number of epoxide rings is 1. The number of anilines is 2. The minimum Gasteiger partial charge on any atom is -0.491 e. The van der Waals surface area contributed by atoms with Crippen LogP contribution in [0.15, 0.2) is 48.5 Å². The number of fused-ring (bicyclic) bond motifs is 3. The van der Waals surface area contributed by atoms with Gasteiger partial charge in [0.25, 0.3) is 0 Å². The smallest absolute Gasteiger partial charge is 0.323 e. The van der Waals surface area contributed by atoms with Gasteiger partial charge in [0.05, 0.1) is 12.1 Å². The lowest BCUT2D eigenvalue weighted by Gasteiger charge is -2.35. The lowest BCUT2D eigenvalue weighted by molar-refractivity contribution is -0.135. The van der Waals surface area contributed by atoms with Gasteiger partial charge in [0.1, 0.15) is 24.7 Å². The highest BCUT2D eigenvalue weighted by atomic mass is 16.6. The van der Waals surface area contributed by atoms with E-state index in [0.29, 0.717) is 49.2 Å². The molecule has 2 aromatic carbocycles. The van der Waals surface area contributed by atoms with Gasteiger partial charge < -0.3 is 29.7 Å². The molecule has 5 atom stereocenters. The maximum absolute atomic E-state index is 13.3.